The summed E-state index contributed by atoms with van der Waals surface area (Å²) in [6, 6.07) is 5.43. The molecule has 0 aliphatic carbocycles. The van der Waals surface area contributed by atoms with Crippen molar-refractivity contribution < 1.29 is 14.6 Å². The number of phenols is 1. The maximum absolute atomic E-state index is 9.75. The summed E-state index contributed by atoms with van der Waals surface area (Å²) in [5.74, 6) is 1.30. The van der Waals surface area contributed by atoms with E-state index < -0.39 is 0 Å². The molecule has 6 heteroatoms. The molecule has 0 amide bonds. The van der Waals surface area contributed by atoms with Crippen LogP contribution < -0.4 is 15.4 Å². The van der Waals surface area contributed by atoms with Crippen molar-refractivity contribution in [3.05, 3.63) is 23.8 Å². The number of hydrogen-bond donors (Lipinski definition) is 3. The van der Waals surface area contributed by atoms with Gasteiger partial charge >= 0.3 is 0 Å². The Morgan fingerprint density at radius 1 is 1.38 bits per heavy atom. The predicted molar refractivity (Wildman–Crippen MR) is 83.9 cm³/mol. The van der Waals surface area contributed by atoms with Gasteiger partial charge in [-0.05, 0) is 31.5 Å². The predicted octanol–water partition coefficient (Wildman–Crippen LogP) is 1.49. The lowest BCUT2D eigenvalue weighted by atomic mass is 10.2. The van der Waals surface area contributed by atoms with E-state index in [0.29, 0.717) is 18.9 Å². The Labute approximate surface area is 126 Å². The van der Waals surface area contributed by atoms with Gasteiger partial charge in [0.2, 0.25) is 0 Å². The molecule has 0 saturated carbocycles. The highest BCUT2D eigenvalue weighted by Crippen LogP contribution is 2.26. The van der Waals surface area contributed by atoms with Gasteiger partial charge in [0.25, 0.3) is 0 Å². The monoisotopic (exact) mass is 295 g/mol. The van der Waals surface area contributed by atoms with Crippen LogP contribution in [0.5, 0.6) is 11.5 Å². The molecule has 1 atom stereocenters. The molecule has 0 heterocycles. The van der Waals surface area contributed by atoms with Crippen molar-refractivity contribution >= 4 is 5.96 Å². The van der Waals surface area contributed by atoms with Crippen LogP contribution in [0.1, 0.15) is 19.4 Å². The van der Waals surface area contributed by atoms with E-state index >= 15 is 0 Å². The van der Waals surface area contributed by atoms with Crippen molar-refractivity contribution in [2.45, 2.75) is 26.4 Å². The number of rotatable bonds is 7. The van der Waals surface area contributed by atoms with Crippen molar-refractivity contribution in [2.75, 3.05) is 27.4 Å². The first-order chi connectivity index (χ1) is 10.1. The van der Waals surface area contributed by atoms with Crippen molar-refractivity contribution in [3.8, 4) is 11.5 Å². The van der Waals surface area contributed by atoms with E-state index in [9.17, 15) is 5.11 Å². The van der Waals surface area contributed by atoms with Crippen molar-refractivity contribution in [1.82, 2.24) is 10.6 Å². The molecular weight excluding hydrogens is 270 g/mol. The normalized spacial score (nSPS) is 12.9. The second-order valence-corrected chi connectivity index (χ2v) is 4.70. The molecule has 1 aromatic carbocycles. The van der Waals surface area contributed by atoms with Crippen LogP contribution >= 0.6 is 0 Å². The summed E-state index contributed by atoms with van der Waals surface area (Å²) in [4.78, 5) is 4.49. The summed E-state index contributed by atoms with van der Waals surface area (Å²) >= 11 is 0. The summed E-state index contributed by atoms with van der Waals surface area (Å²) in [6.45, 7) is 5.88. The first kappa shape index (κ1) is 17.1. The van der Waals surface area contributed by atoms with E-state index in [1.807, 2.05) is 19.9 Å². The van der Waals surface area contributed by atoms with Crippen LogP contribution in [-0.4, -0.2) is 44.5 Å². The third-order valence-corrected chi connectivity index (χ3v) is 2.81. The Bertz CT molecular complexity index is 463. The first-order valence-corrected chi connectivity index (χ1v) is 7.00. The average Bonchev–Trinajstić information content (AvgIpc) is 2.45. The van der Waals surface area contributed by atoms with Crippen LogP contribution in [0, 0.1) is 0 Å². The standard InChI is InChI=1S/C15H25N3O3/c1-5-16-15(18-11(2)10-20-3)17-9-12-6-7-14(21-4)13(19)8-12/h6-8,11,19H,5,9-10H2,1-4H3,(H2,16,17,18). The topological polar surface area (TPSA) is 75.1 Å². The second kappa shape index (κ2) is 9.07. The largest absolute Gasteiger partial charge is 0.504 e. The summed E-state index contributed by atoms with van der Waals surface area (Å²) in [7, 11) is 3.19. The van der Waals surface area contributed by atoms with Crippen LogP contribution in [0.25, 0.3) is 0 Å². The number of methoxy groups -OCH3 is 2. The van der Waals surface area contributed by atoms with Crippen LogP contribution in [-0.2, 0) is 11.3 Å². The van der Waals surface area contributed by atoms with Crippen LogP contribution in [0.2, 0.25) is 0 Å². The number of hydrogen-bond acceptors (Lipinski definition) is 4. The summed E-state index contributed by atoms with van der Waals surface area (Å²) in [5.41, 5.74) is 0.907. The molecular formula is C15H25N3O3. The van der Waals surface area contributed by atoms with Gasteiger partial charge < -0.3 is 25.2 Å². The van der Waals surface area contributed by atoms with Gasteiger partial charge in [0.1, 0.15) is 0 Å². The van der Waals surface area contributed by atoms with Crippen LogP contribution in [0.15, 0.2) is 23.2 Å². The zero-order valence-corrected chi connectivity index (χ0v) is 13.1. The number of phenolic OH excluding ortho intramolecular Hbond substituents is 1. The summed E-state index contributed by atoms with van der Waals surface area (Å²) < 4.78 is 10.1. The Kier molecular flexibility index (Phi) is 7.39. The number of aromatic hydroxyl groups is 1. The third-order valence-electron chi connectivity index (χ3n) is 2.81. The summed E-state index contributed by atoms with van der Waals surface area (Å²) in [5, 5.41) is 16.2. The molecule has 21 heavy (non-hydrogen) atoms. The maximum atomic E-state index is 9.75. The molecule has 0 fully saturated rings. The molecule has 0 bridgehead atoms. The average molecular weight is 295 g/mol. The quantitative estimate of drug-likeness (QED) is 0.525. The molecule has 1 aromatic rings. The molecule has 1 unspecified atom stereocenters. The van der Waals surface area contributed by atoms with Crippen LogP contribution in [0.3, 0.4) is 0 Å². The molecule has 0 aromatic heterocycles. The number of nitrogens with zero attached hydrogens (tertiary/aromatic N) is 1. The zero-order chi connectivity index (χ0) is 15.7. The Hall–Kier alpha value is -1.95. The number of ether oxygens (including phenoxy) is 2. The van der Waals surface area contributed by atoms with Gasteiger partial charge in [-0.15, -0.1) is 0 Å². The smallest absolute Gasteiger partial charge is 0.191 e. The van der Waals surface area contributed by atoms with E-state index in [-0.39, 0.29) is 11.8 Å². The molecule has 0 radical (unpaired) electrons. The lowest BCUT2D eigenvalue weighted by Crippen LogP contribution is -2.43. The van der Waals surface area contributed by atoms with E-state index in [2.05, 4.69) is 15.6 Å². The highest BCUT2D eigenvalue weighted by molar-refractivity contribution is 5.80. The number of nitrogens with one attached hydrogen (secondary N) is 2. The third kappa shape index (κ3) is 5.91. The van der Waals surface area contributed by atoms with Gasteiger partial charge in [0.15, 0.2) is 17.5 Å². The molecule has 0 saturated heterocycles. The minimum absolute atomic E-state index is 0.121. The van der Waals surface area contributed by atoms with Gasteiger partial charge in [-0.1, -0.05) is 6.07 Å². The van der Waals surface area contributed by atoms with Crippen molar-refractivity contribution in [1.29, 1.82) is 0 Å². The highest BCUT2D eigenvalue weighted by Gasteiger charge is 2.05. The molecule has 1 rings (SSSR count). The minimum atomic E-state index is 0.121. The molecule has 118 valence electrons. The lowest BCUT2D eigenvalue weighted by molar-refractivity contribution is 0.179. The van der Waals surface area contributed by atoms with Crippen molar-refractivity contribution in [3.63, 3.8) is 0 Å². The molecule has 6 nitrogen and oxygen atoms in total. The van der Waals surface area contributed by atoms with Gasteiger partial charge in [0.05, 0.1) is 20.3 Å². The fraction of sp³-hybridized carbons (Fsp3) is 0.533. The van der Waals surface area contributed by atoms with Gasteiger partial charge in [-0.2, -0.15) is 0 Å². The SMILES string of the molecule is CCNC(=NCc1ccc(OC)c(O)c1)NC(C)COC. The van der Waals surface area contributed by atoms with Crippen molar-refractivity contribution in [2.24, 2.45) is 4.99 Å². The molecule has 0 aliphatic rings. The number of aliphatic imine (C=N–C) groups is 1. The number of guanidine groups is 1. The lowest BCUT2D eigenvalue weighted by Gasteiger charge is -2.17. The van der Waals surface area contributed by atoms with E-state index in [1.165, 1.54) is 7.11 Å². The zero-order valence-electron chi connectivity index (χ0n) is 13.1. The van der Waals surface area contributed by atoms with E-state index in [4.69, 9.17) is 9.47 Å². The fourth-order valence-corrected chi connectivity index (χ4v) is 1.85. The maximum Gasteiger partial charge on any atom is 0.191 e. The van der Waals surface area contributed by atoms with E-state index in [0.717, 1.165) is 18.1 Å². The fourth-order valence-electron chi connectivity index (χ4n) is 1.85. The van der Waals surface area contributed by atoms with Gasteiger partial charge in [-0.3, -0.25) is 0 Å². The summed E-state index contributed by atoms with van der Waals surface area (Å²) in [6.07, 6.45) is 0. The molecule has 0 aliphatic heterocycles. The second-order valence-electron chi connectivity index (χ2n) is 4.70. The Morgan fingerprint density at radius 2 is 2.14 bits per heavy atom. The Balaban J connectivity index is 2.70. The highest BCUT2D eigenvalue weighted by atomic mass is 16.5. The van der Waals surface area contributed by atoms with Crippen LogP contribution in [0.4, 0.5) is 0 Å². The van der Waals surface area contributed by atoms with Gasteiger partial charge in [0, 0.05) is 19.7 Å². The molecule has 3 N–H and O–H groups in total. The minimum Gasteiger partial charge on any atom is -0.504 e. The van der Waals surface area contributed by atoms with Gasteiger partial charge in [-0.25, -0.2) is 4.99 Å². The Morgan fingerprint density at radius 3 is 2.71 bits per heavy atom. The van der Waals surface area contributed by atoms with E-state index in [1.54, 1.807) is 19.2 Å². The first-order valence-electron chi connectivity index (χ1n) is 7.00. The molecule has 0 spiro atoms. The number of benzene rings is 1.